The zero-order valence-electron chi connectivity index (χ0n) is 17.6. The standard InChI is InChI=1S/C27H24N2O3/c30-26-8-4-5-17-29(26)19-22-11-9-21(10-12-22)18-28-27(31)24-15-13-23(14-16-24)20-32-25-6-2-1-3-7-25/h1-17H,18-20H2,(H,28,31). The van der Waals surface area contributed by atoms with Gasteiger partial charge in [0.05, 0.1) is 6.54 Å². The summed E-state index contributed by atoms with van der Waals surface area (Å²) in [5.74, 6) is 0.691. The van der Waals surface area contributed by atoms with Crippen LogP contribution >= 0.6 is 0 Å². The molecule has 1 N–H and O–H groups in total. The second kappa shape index (κ2) is 10.3. The molecule has 0 radical (unpaired) electrons. The maximum Gasteiger partial charge on any atom is 0.251 e. The van der Waals surface area contributed by atoms with Crippen LogP contribution in [-0.4, -0.2) is 10.5 Å². The molecule has 0 aliphatic carbocycles. The number of carbonyl (C=O) groups is 1. The van der Waals surface area contributed by atoms with Crippen LogP contribution in [0.25, 0.3) is 0 Å². The van der Waals surface area contributed by atoms with Gasteiger partial charge >= 0.3 is 0 Å². The lowest BCUT2D eigenvalue weighted by Crippen LogP contribution is -2.22. The van der Waals surface area contributed by atoms with Crippen molar-refractivity contribution in [1.82, 2.24) is 9.88 Å². The summed E-state index contributed by atoms with van der Waals surface area (Å²) in [6.07, 6.45) is 1.77. The molecule has 0 atom stereocenters. The molecule has 5 nitrogen and oxygen atoms in total. The minimum absolute atomic E-state index is 0.0264. The first-order valence-electron chi connectivity index (χ1n) is 10.5. The third-order valence-electron chi connectivity index (χ3n) is 5.09. The van der Waals surface area contributed by atoms with Gasteiger partial charge in [0.15, 0.2) is 0 Å². The molecule has 0 unspecified atom stereocenters. The van der Waals surface area contributed by atoms with Gasteiger partial charge in [-0.2, -0.15) is 0 Å². The summed E-state index contributed by atoms with van der Waals surface area (Å²) < 4.78 is 7.39. The van der Waals surface area contributed by atoms with Crippen LogP contribution in [-0.2, 0) is 19.7 Å². The van der Waals surface area contributed by atoms with Crippen molar-refractivity contribution in [1.29, 1.82) is 0 Å². The van der Waals surface area contributed by atoms with E-state index in [0.717, 1.165) is 22.4 Å². The molecule has 5 heteroatoms. The highest BCUT2D eigenvalue weighted by Gasteiger charge is 2.06. The number of para-hydroxylation sites is 1. The topological polar surface area (TPSA) is 60.3 Å². The summed E-state index contributed by atoms with van der Waals surface area (Å²) in [6.45, 7) is 1.41. The summed E-state index contributed by atoms with van der Waals surface area (Å²) in [6, 6.07) is 30.1. The molecule has 32 heavy (non-hydrogen) atoms. The van der Waals surface area contributed by atoms with Crippen molar-refractivity contribution >= 4 is 5.91 Å². The number of amides is 1. The Labute approximate surface area is 186 Å². The second-order valence-corrected chi connectivity index (χ2v) is 7.46. The van der Waals surface area contributed by atoms with Crippen LogP contribution in [0.5, 0.6) is 5.75 Å². The van der Waals surface area contributed by atoms with Crippen molar-refractivity contribution in [3.05, 3.63) is 136 Å². The Morgan fingerprint density at radius 1 is 0.750 bits per heavy atom. The Morgan fingerprint density at radius 2 is 1.41 bits per heavy atom. The molecule has 3 aromatic carbocycles. The molecule has 4 aromatic rings. The predicted molar refractivity (Wildman–Crippen MR) is 125 cm³/mol. The molecular weight excluding hydrogens is 400 g/mol. The predicted octanol–water partition coefficient (Wildman–Crippen LogP) is 4.41. The zero-order valence-corrected chi connectivity index (χ0v) is 17.6. The second-order valence-electron chi connectivity index (χ2n) is 7.46. The van der Waals surface area contributed by atoms with E-state index in [9.17, 15) is 9.59 Å². The maximum absolute atomic E-state index is 12.5. The number of rotatable bonds is 8. The monoisotopic (exact) mass is 424 g/mol. The minimum Gasteiger partial charge on any atom is -0.489 e. The first-order valence-corrected chi connectivity index (χ1v) is 10.5. The molecule has 160 valence electrons. The first kappa shape index (κ1) is 21.1. The lowest BCUT2D eigenvalue weighted by molar-refractivity contribution is 0.0951. The third-order valence-corrected chi connectivity index (χ3v) is 5.09. The molecular formula is C27H24N2O3. The molecule has 0 saturated carbocycles. The van der Waals surface area contributed by atoms with Gasteiger partial charge in [-0.3, -0.25) is 9.59 Å². The summed E-state index contributed by atoms with van der Waals surface area (Å²) in [5, 5.41) is 2.95. The van der Waals surface area contributed by atoms with E-state index >= 15 is 0 Å². The lowest BCUT2D eigenvalue weighted by Gasteiger charge is -2.09. The van der Waals surface area contributed by atoms with Crippen LogP contribution in [0.4, 0.5) is 0 Å². The van der Waals surface area contributed by atoms with E-state index in [1.165, 1.54) is 0 Å². The summed E-state index contributed by atoms with van der Waals surface area (Å²) in [7, 11) is 0. The molecule has 4 rings (SSSR count). The van der Waals surface area contributed by atoms with Crippen molar-refractivity contribution in [2.75, 3.05) is 0 Å². The maximum atomic E-state index is 12.5. The number of nitrogens with one attached hydrogen (secondary N) is 1. The average molecular weight is 425 g/mol. The Balaban J connectivity index is 1.27. The van der Waals surface area contributed by atoms with Crippen molar-refractivity contribution < 1.29 is 9.53 Å². The van der Waals surface area contributed by atoms with Gasteiger partial charge < -0.3 is 14.6 Å². The largest absolute Gasteiger partial charge is 0.489 e. The van der Waals surface area contributed by atoms with Gasteiger partial charge in [-0.25, -0.2) is 0 Å². The molecule has 1 amide bonds. The van der Waals surface area contributed by atoms with Crippen LogP contribution < -0.4 is 15.6 Å². The quantitative estimate of drug-likeness (QED) is 0.456. The van der Waals surface area contributed by atoms with E-state index < -0.39 is 0 Å². The molecule has 1 heterocycles. The highest BCUT2D eigenvalue weighted by Crippen LogP contribution is 2.13. The van der Waals surface area contributed by atoms with E-state index in [1.807, 2.05) is 72.8 Å². The Bertz CT molecular complexity index is 1210. The number of hydrogen-bond acceptors (Lipinski definition) is 3. The number of benzene rings is 3. The summed E-state index contributed by atoms with van der Waals surface area (Å²) >= 11 is 0. The minimum atomic E-state index is -0.125. The highest BCUT2D eigenvalue weighted by atomic mass is 16.5. The molecule has 1 aromatic heterocycles. The van der Waals surface area contributed by atoms with Gasteiger partial charge in [-0.05, 0) is 47.0 Å². The van der Waals surface area contributed by atoms with E-state index in [1.54, 1.807) is 35.0 Å². The SMILES string of the molecule is O=C(NCc1ccc(Cn2ccccc2=O)cc1)c1ccc(COc2ccccc2)cc1. The smallest absolute Gasteiger partial charge is 0.251 e. The van der Waals surface area contributed by atoms with E-state index in [-0.39, 0.29) is 11.5 Å². The number of aromatic nitrogens is 1. The Hall–Kier alpha value is -4.12. The van der Waals surface area contributed by atoms with Gasteiger partial charge in [0.2, 0.25) is 0 Å². The molecule has 0 spiro atoms. The zero-order chi connectivity index (χ0) is 22.2. The van der Waals surface area contributed by atoms with E-state index in [2.05, 4.69) is 5.32 Å². The third kappa shape index (κ3) is 5.73. The van der Waals surface area contributed by atoms with Crippen molar-refractivity contribution in [3.8, 4) is 5.75 Å². The van der Waals surface area contributed by atoms with Crippen LogP contribution in [0, 0.1) is 0 Å². The van der Waals surface area contributed by atoms with Crippen LogP contribution in [0.2, 0.25) is 0 Å². The first-order chi connectivity index (χ1) is 15.7. The average Bonchev–Trinajstić information content (AvgIpc) is 2.84. The van der Waals surface area contributed by atoms with Crippen molar-refractivity contribution in [2.24, 2.45) is 0 Å². The summed E-state index contributed by atoms with van der Waals surface area (Å²) in [4.78, 5) is 24.3. The number of carbonyl (C=O) groups excluding carboxylic acids is 1. The number of hydrogen-bond donors (Lipinski definition) is 1. The van der Waals surface area contributed by atoms with Crippen LogP contribution in [0.1, 0.15) is 27.0 Å². The normalized spacial score (nSPS) is 10.5. The molecule has 0 aliphatic rings. The van der Waals surface area contributed by atoms with Gasteiger partial charge in [-0.1, -0.05) is 60.7 Å². The lowest BCUT2D eigenvalue weighted by atomic mass is 10.1. The van der Waals surface area contributed by atoms with Gasteiger partial charge in [0.25, 0.3) is 11.5 Å². The fourth-order valence-corrected chi connectivity index (χ4v) is 3.27. The van der Waals surface area contributed by atoms with Crippen molar-refractivity contribution in [2.45, 2.75) is 19.7 Å². The summed E-state index contributed by atoms with van der Waals surface area (Å²) in [5.41, 5.74) is 3.60. The van der Waals surface area contributed by atoms with Gasteiger partial charge in [0.1, 0.15) is 12.4 Å². The fraction of sp³-hybridized carbons (Fsp3) is 0.111. The van der Waals surface area contributed by atoms with Gasteiger partial charge in [-0.15, -0.1) is 0 Å². The Kier molecular flexibility index (Phi) is 6.78. The van der Waals surface area contributed by atoms with Crippen LogP contribution in [0.3, 0.4) is 0 Å². The fourth-order valence-electron chi connectivity index (χ4n) is 3.27. The number of ether oxygens (including phenoxy) is 1. The molecule has 0 fully saturated rings. The number of pyridine rings is 1. The Morgan fingerprint density at radius 3 is 2.12 bits per heavy atom. The molecule has 0 aliphatic heterocycles. The van der Waals surface area contributed by atoms with E-state index in [4.69, 9.17) is 4.74 Å². The number of nitrogens with zero attached hydrogens (tertiary/aromatic N) is 1. The van der Waals surface area contributed by atoms with Crippen molar-refractivity contribution in [3.63, 3.8) is 0 Å². The highest BCUT2D eigenvalue weighted by molar-refractivity contribution is 5.94. The molecule has 0 saturated heterocycles. The van der Waals surface area contributed by atoms with Gasteiger partial charge in [0, 0.05) is 24.4 Å². The molecule has 0 bridgehead atoms. The van der Waals surface area contributed by atoms with Crippen LogP contribution in [0.15, 0.2) is 108 Å². The van der Waals surface area contributed by atoms with E-state index in [0.29, 0.717) is 25.3 Å².